The summed E-state index contributed by atoms with van der Waals surface area (Å²) < 4.78 is 5.39. The number of aliphatic carboxylic acids is 1. The van der Waals surface area contributed by atoms with E-state index in [1.165, 1.54) is 0 Å². The molecule has 0 aliphatic carbocycles. The lowest BCUT2D eigenvalue weighted by molar-refractivity contribution is -0.143. The van der Waals surface area contributed by atoms with Crippen molar-refractivity contribution in [2.45, 2.75) is 38.3 Å². The Morgan fingerprint density at radius 3 is 2.78 bits per heavy atom. The number of hydrogen-bond acceptors (Lipinski definition) is 3. The van der Waals surface area contributed by atoms with Crippen molar-refractivity contribution in [2.75, 3.05) is 19.7 Å². The zero-order valence-corrected chi connectivity index (χ0v) is 10.6. The second-order valence-corrected chi connectivity index (χ2v) is 5.04. The second kappa shape index (κ2) is 5.56. The van der Waals surface area contributed by atoms with E-state index in [1.54, 1.807) is 4.90 Å². The van der Waals surface area contributed by atoms with Crippen LogP contribution >= 0.6 is 0 Å². The molecule has 0 saturated carbocycles. The number of rotatable bonds is 2. The minimum atomic E-state index is -0.815. The summed E-state index contributed by atoms with van der Waals surface area (Å²) in [6.45, 7) is 3.55. The fourth-order valence-corrected chi connectivity index (χ4v) is 2.53. The van der Waals surface area contributed by atoms with Crippen molar-refractivity contribution in [1.29, 1.82) is 0 Å². The molecule has 2 rings (SSSR count). The van der Waals surface area contributed by atoms with E-state index in [9.17, 15) is 9.59 Å². The van der Waals surface area contributed by atoms with Gasteiger partial charge in [-0.3, -0.25) is 4.79 Å². The van der Waals surface area contributed by atoms with Crippen LogP contribution in [0.4, 0.5) is 4.79 Å². The van der Waals surface area contributed by atoms with Crippen LogP contribution in [0, 0.1) is 5.92 Å². The van der Waals surface area contributed by atoms with Gasteiger partial charge in [0, 0.05) is 19.7 Å². The number of carbonyl (C=O) groups is 2. The van der Waals surface area contributed by atoms with Crippen molar-refractivity contribution in [3.8, 4) is 0 Å². The van der Waals surface area contributed by atoms with Crippen molar-refractivity contribution in [2.24, 2.45) is 5.92 Å². The summed E-state index contributed by atoms with van der Waals surface area (Å²) >= 11 is 0. The van der Waals surface area contributed by atoms with Crippen molar-refractivity contribution >= 4 is 12.0 Å². The monoisotopic (exact) mass is 256 g/mol. The summed E-state index contributed by atoms with van der Waals surface area (Å²) in [6, 6.07) is -0.119. The number of carboxylic acids is 1. The zero-order valence-electron chi connectivity index (χ0n) is 10.6. The predicted octanol–water partition coefficient (Wildman–Crippen LogP) is 0.670. The van der Waals surface area contributed by atoms with Crippen LogP contribution in [0.5, 0.6) is 0 Å². The number of urea groups is 1. The summed E-state index contributed by atoms with van der Waals surface area (Å²) in [5.74, 6) is -1.24. The second-order valence-electron chi connectivity index (χ2n) is 5.04. The Hall–Kier alpha value is -1.30. The van der Waals surface area contributed by atoms with Crippen LogP contribution in [0.1, 0.15) is 26.2 Å². The van der Waals surface area contributed by atoms with E-state index >= 15 is 0 Å². The topological polar surface area (TPSA) is 78.9 Å². The molecule has 2 N–H and O–H groups in total. The van der Waals surface area contributed by atoms with E-state index in [0.29, 0.717) is 26.1 Å². The standard InChI is InChI=1S/C12H20N2O4/c1-8-10(4-6-18-8)13-12(17)14-5-2-3-9(7-14)11(15)16/h8-10H,2-7H2,1H3,(H,13,17)(H,15,16)/t8?,9-,10?/m0/s1. The first-order valence-corrected chi connectivity index (χ1v) is 6.48. The van der Waals surface area contributed by atoms with Gasteiger partial charge in [-0.25, -0.2) is 4.79 Å². The number of ether oxygens (including phenoxy) is 1. The molecule has 2 saturated heterocycles. The summed E-state index contributed by atoms with van der Waals surface area (Å²) in [7, 11) is 0. The predicted molar refractivity (Wildman–Crippen MR) is 64.3 cm³/mol. The van der Waals surface area contributed by atoms with E-state index in [0.717, 1.165) is 12.8 Å². The molecule has 6 heteroatoms. The molecule has 2 aliphatic rings. The van der Waals surface area contributed by atoms with Crippen LogP contribution in [-0.4, -0.2) is 53.8 Å². The van der Waals surface area contributed by atoms with Gasteiger partial charge in [-0.15, -0.1) is 0 Å². The maximum Gasteiger partial charge on any atom is 0.317 e. The highest BCUT2D eigenvalue weighted by Crippen LogP contribution is 2.18. The normalized spacial score (nSPS) is 32.3. The molecule has 2 unspecified atom stereocenters. The first-order chi connectivity index (χ1) is 8.58. The van der Waals surface area contributed by atoms with Crippen molar-refractivity contribution in [3.05, 3.63) is 0 Å². The molecule has 2 amide bonds. The maximum absolute atomic E-state index is 12.0. The van der Waals surface area contributed by atoms with Crippen molar-refractivity contribution in [3.63, 3.8) is 0 Å². The molecular weight excluding hydrogens is 236 g/mol. The molecule has 3 atom stereocenters. The first-order valence-electron chi connectivity index (χ1n) is 6.48. The van der Waals surface area contributed by atoms with Gasteiger partial charge in [0.25, 0.3) is 0 Å². The number of piperidine rings is 1. The van der Waals surface area contributed by atoms with Crippen LogP contribution in [0.25, 0.3) is 0 Å². The lowest BCUT2D eigenvalue weighted by Gasteiger charge is -2.32. The molecule has 0 spiro atoms. The third kappa shape index (κ3) is 2.93. The molecule has 2 aliphatic heterocycles. The highest BCUT2D eigenvalue weighted by atomic mass is 16.5. The smallest absolute Gasteiger partial charge is 0.317 e. The number of hydrogen-bond donors (Lipinski definition) is 2. The Bertz CT molecular complexity index is 334. The van der Waals surface area contributed by atoms with Gasteiger partial charge >= 0.3 is 12.0 Å². The Morgan fingerprint density at radius 1 is 1.39 bits per heavy atom. The number of carboxylic acid groups (broad SMARTS) is 1. The minimum absolute atomic E-state index is 0.0361. The largest absolute Gasteiger partial charge is 0.481 e. The average Bonchev–Trinajstić information content (AvgIpc) is 2.75. The number of amides is 2. The van der Waals surface area contributed by atoms with E-state index in [1.807, 2.05) is 6.92 Å². The van der Waals surface area contributed by atoms with Crippen LogP contribution in [0.15, 0.2) is 0 Å². The Morgan fingerprint density at radius 2 is 2.17 bits per heavy atom. The quantitative estimate of drug-likeness (QED) is 0.761. The SMILES string of the molecule is CC1OCCC1NC(=O)N1CCC[C@H](C(=O)O)C1. The molecular formula is C12H20N2O4. The van der Waals surface area contributed by atoms with Crippen LogP contribution in [-0.2, 0) is 9.53 Å². The van der Waals surface area contributed by atoms with Gasteiger partial charge in [0.15, 0.2) is 0 Å². The number of nitrogens with one attached hydrogen (secondary N) is 1. The van der Waals surface area contributed by atoms with Crippen LogP contribution < -0.4 is 5.32 Å². The van der Waals surface area contributed by atoms with Crippen LogP contribution in [0.2, 0.25) is 0 Å². The maximum atomic E-state index is 12.0. The van der Waals surface area contributed by atoms with Gasteiger partial charge in [0.05, 0.1) is 18.1 Å². The van der Waals surface area contributed by atoms with E-state index in [-0.39, 0.29) is 18.2 Å². The Kier molecular flexibility index (Phi) is 4.06. The average molecular weight is 256 g/mol. The molecule has 18 heavy (non-hydrogen) atoms. The summed E-state index contributed by atoms with van der Waals surface area (Å²) in [4.78, 5) is 24.6. The fraction of sp³-hybridized carbons (Fsp3) is 0.833. The highest BCUT2D eigenvalue weighted by molar-refractivity contribution is 5.76. The molecule has 0 bridgehead atoms. The highest BCUT2D eigenvalue weighted by Gasteiger charge is 2.31. The number of likely N-dealkylation sites (tertiary alicyclic amines) is 1. The third-order valence-corrected chi connectivity index (χ3v) is 3.74. The zero-order chi connectivity index (χ0) is 13.1. The van der Waals surface area contributed by atoms with Crippen LogP contribution in [0.3, 0.4) is 0 Å². The number of carbonyl (C=O) groups excluding carboxylic acids is 1. The molecule has 2 heterocycles. The molecule has 6 nitrogen and oxygen atoms in total. The molecule has 0 aromatic carbocycles. The van der Waals surface area contributed by atoms with Crippen molar-refractivity contribution in [1.82, 2.24) is 10.2 Å². The lowest BCUT2D eigenvalue weighted by atomic mass is 9.98. The first kappa shape index (κ1) is 13.1. The lowest BCUT2D eigenvalue weighted by Crippen LogP contribution is -2.51. The summed E-state index contributed by atoms with van der Waals surface area (Å²) in [6.07, 6.45) is 2.26. The van der Waals surface area contributed by atoms with Gasteiger partial charge in [0.1, 0.15) is 0 Å². The molecule has 0 aromatic rings. The summed E-state index contributed by atoms with van der Waals surface area (Å²) in [5.41, 5.74) is 0. The molecule has 2 fully saturated rings. The molecule has 0 aromatic heterocycles. The summed E-state index contributed by atoms with van der Waals surface area (Å²) in [5, 5.41) is 11.9. The Balaban J connectivity index is 1.86. The molecule has 0 radical (unpaired) electrons. The van der Waals surface area contributed by atoms with Gasteiger partial charge in [0.2, 0.25) is 0 Å². The van der Waals surface area contributed by atoms with Gasteiger partial charge in [-0.1, -0.05) is 0 Å². The van der Waals surface area contributed by atoms with Gasteiger partial charge in [-0.2, -0.15) is 0 Å². The molecule has 102 valence electrons. The van der Waals surface area contributed by atoms with Gasteiger partial charge < -0.3 is 20.1 Å². The van der Waals surface area contributed by atoms with E-state index in [2.05, 4.69) is 5.32 Å². The Labute approximate surface area is 106 Å². The van der Waals surface area contributed by atoms with E-state index in [4.69, 9.17) is 9.84 Å². The third-order valence-electron chi connectivity index (χ3n) is 3.74. The number of nitrogens with zero attached hydrogens (tertiary/aromatic N) is 1. The van der Waals surface area contributed by atoms with Crippen molar-refractivity contribution < 1.29 is 19.4 Å². The fourth-order valence-electron chi connectivity index (χ4n) is 2.53. The van der Waals surface area contributed by atoms with E-state index < -0.39 is 11.9 Å². The minimum Gasteiger partial charge on any atom is -0.481 e. The van der Waals surface area contributed by atoms with Gasteiger partial charge in [-0.05, 0) is 26.2 Å².